The van der Waals surface area contributed by atoms with Gasteiger partial charge in [0, 0.05) is 23.0 Å². The number of carboxylic acids is 1. The highest BCUT2D eigenvalue weighted by molar-refractivity contribution is 7.15. The summed E-state index contributed by atoms with van der Waals surface area (Å²) < 4.78 is 10.1. The Morgan fingerprint density at radius 2 is 2.04 bits per heavy atom. The molecule has 28 heavy (non-hydrogen) atoms. The van der Waals surface area contributed by atoms with E-state index in [2.05, 4.69) is 26.5 Å². The van der Waals surface area contributed by atoms with Crippen molar-refractivity contribution in [3.63, 3.8) is 0 Å². The normalized spacial score (nSPS) is 19.6. The van der Waals surface area contributed by atoms with Crippen molar-refractivity contribution in [2.45, 2.75) is 65.5 Å². The summed E-state index contributed by atoms with van der Waals surface area (Å²) in [4.78, 5) is 17.0. The monoisotopic (exact) mass is 419 g/mol. The summed E-state index contributed by atoms with van der Waals surface area (Å²) in [7, 11) is 0. The molecular weight excluding hydrogens is 394 g/mol. The molecule has 0 amide bonds. The number of carboxylic acid groups (broad SMARTS) is 1. The predicted molar refractivity (Wildman–Crippen MR) is 113 cm³/mol. The summed E-state index contributed by atoms with van der Waals surface area (Å²) in [6, 6.07) is 2.09. The third-order valence-corrected chi connectivity index (χ3v) is 6.03. The summed E-state index contributed by atoms with van der Waals surface area (Å²) >= 11 is 2.51. The summed E-state index contributed by atoms with van der Waals surface area (Å²) in [5.41, 5.74) is 0.546. The van der Waals surface area contributed by atoms with Gasteiger partial charge in [-0.3, -0.25) is 0 Å². The van der Waals surface area contributed by atoms with E-state index < -0.39 is 5.97 Å². The van der Waals surface area contributed by atoms with Crippen LogP contribution in [0.4, 0.5) is 5.69 Å². The Kier molecular flexibility index (Phi) is 6.26. The van der Waals surface area contributed by atoms with Crippen LogP contribution in [0.3, 0.4) is 0 Å². The first-order valence-corrected chi connectivity index (χ1v) is 10.9. The van der Waals surface area contributed by atoms with Gasteiger partial charge >= 0.3 is 5.97 Å². The van der Waals surface area contributed by atoms with Crippen molar-refractivity contribution in [3.8, 4) is 17.0 Å². The maximum absolute atomic E-state index is 11.6. The molecule has 0 bridgehead atoms. The molecule has 0 radical (unpaired) electrons. The Labute approximate surface area is 173 Å². The molecule has 2 N–H and O–H groups in total. The van der Waals surface area contributed by atoms with Gasteiger partial charge in [-0.05, 0) is 59.4 Å². The summed E-state index contributed by atoms with van der Waals surface area (Å²) in [6.07, 6.45) is 3.78. The molecular formula is C20H25N3O3S2. The quantitative estimate of drug-likeness (QED) is 0.677. The van der Waals surface area contributed by atoms with Crippen LogP contribution in [0.15, 0.2) is 6.07 Å². The Bertz CT molecular complexity index is 894. The third-order valence-electron chi connectivity index (χ3n) is 4.30. The molecule has 8 heteroatoms. The largest absolute Gasteiger partial charge is 0.477 e. The molecule has 0 aromatic carbocycles. The molecule has 0 atom stereocenters. The average Bonchev–Trinajstić information content (AvgIpc) is 3.20. The zero-order chi connectivity index (χ0) is 20.3. The van der Waals surface area contributed by atoms with Crippen LogP contribution in [0.25, 0.3) is 0 Å². The third kappa shape index (κ3) is 5.69. The van der Waals surface area contributed by atoms with Crippen molar-refractivity contribution in [2.24, 2.45) is 5.41 Å². The fourth-order valence-corrected chi connectivity index (χ4v) is 4.40. The number of hydrogen-bond acceptors (Lipinski definition) is 7. The van der Waals surface area contributed by atoms with Gasteiger partial charge in [0.05, 0.1) is 10.6 Å². The lowest BCUT2D eigenvalue weighted by Gasteiger charge is -2.29. The van der Waals surface area contributed by atoms with E-state index in [0.29, 0.717) is 15.8 Å². The van der Waals surface area contributed by atoms with Crippen LogP contribution in [0.2, 0.25) is 0 Å². The van der Waals surface area contributed by atoms with Gasteiger partial charge in [-0.1, -0.05) is 11.8 Å². The maximum atomic E-state index is 11.6. The van der Waals surface area contributed by atoms with E-state index in [4.69, 9.17) is 4.74 Å². The zero-order valence-corrected chi connectivity index (χ0v) is 18.2. The molecule has 0 unspecified atom stereocenters. The molecule has 6 nitrogen and oxygen atoms in total. The number of aromatic carboxylic acids is 1. The number of ether oxygens (including phenoxy) is 1. The molecule has 2 aromatic rings. The standard InChI is InChI=1S/C20H25N3O3S2/c1-12-21-19(28-23-12)26-14-7-5-13(6-8-14)22-16-11-15(9-10-20(2,3)4)27-17(16)18(24)25/h11,13-14,22H,5-8H2,1-4H3,(H,24,25)/t13-,14-. The average molecular weight is 420 g/mol. The van der Waals surface area contributed by atoms with E-state index in [1.807, 2.05) is 33.8 Å². The number of aryl methyl sites for hydroxylation is 1. The molecule has 2 heterocycles. The van der Waals surface area contributed by atoms with Crippen LogP contribution >= 0.6 is 22.9 Å². The lowest BCUT2D eigenvalue weighted by atomic mass is 9.93. The number of nitrogens with one attached hydrogen (secondary N) is 1. The highest BCUT2D eigenvalue weighted by Crippen LogP contribution is 2.31. The van der Waals surface area contributed by atoms with Crippen molar-refractivity contribution in [3.05, 3.63) is 21.6 Å². The smallest absolute Gasteiger partial charge is 0.348 e. The van der Waals surface area contributed by atoms with Crippen molar-refractivity contribution in [2.75, 3.05) is 5.32 Å². The zero-order valence-electron chi connectivity index (χ0n) is 16.5. The van der Waals surface area contributed by atoms with Crippen LogP contribution in [-0.4, -0.2) is 32.6 Å². The molecule has 1 saturated carbocycles. The maximum Gasteiger partial charge on any atom is 0.348 e. The molecule has 0 saturated heterocycles. The highest BCUT2D eigenvalue weighted by Gasteiger charge is 2.25. The Morgan fingerprint density at radius 3 is 2.61 bits per heavy atom. The molecule has 1 aliphatic rings. The molecule has 150 valence electrons. The van der Waals surface area contributed by atoms with Gasteiger partial charge in [0.2, 0.25) is 0 Å². The minimum atomic E-state index is -0.917. The van der Waals surface area contributed by atoms with Gasteiger partial charge in [-0.25, -0.2) is 4.79 Å². The second kappa shape index (κ2) is 8.50. The van der Waals surface area contributed by atoms with Crippen molar-refractivity contribution in [1.82, 2.24) is 9.36 Å². The lowest BCUT2D eigenvalue weighted by molar-refractivity contribution is 0.0703. The van der Waals surface area contributed by atoms with E-state index in [1.165, 1.54) is 22.9 Å². The van der Waals surface area contributed by atoms with E-state index >= 15 is 0 Å². The molecule has 2 aromatic heterocycles. The Balaban J connectivity index is 1.61. The number of anilines is 1. The van der Waals surface area contributed by atoms with Crippen LogP contribution in [0, 0.1) is 24.2 Å². The van der Waals surface area contributed by atoms with Gasteiger partial charge in [-0.15, -0.1) is 11.3 Å². The van der Waals surface area contributed by atoms with Crippen molar-refractivity contribution in [1.29, 1.82) is 0 Å². The number of thiophene rings is 1. The fourth-order valence-electron chi connectivity index (χ4n) is 2.98. The molecule has 0 aliphatic heterocycles. The fraction of sp³-hybridized carbons (Fsp3) is 0.550. The Morgan fingerprint density at radius 1 is 1.32 bits per heavy atom. The predicted octanol–water partition coefficient (Wildman–Crippen LogP) is 4.81. The SMILES string of the molecule is Cc1nsc(O[C@H]2CC[C@H](Nc3cc(C#CC(C)(C)C)sc3C(=O)O)CC2)n1. The minimum Gasteiger partial charge on any atom is -0.477 e. The molecule has 1 aliphatic carbocycles. The Hall–Kier alpha value is -2.11. The van der Waals surface area contributed by atoms with Crippen molar-refractivity contribution < 1.29 is 14.6 Å². The summed E-state index contributed by atoms with van der Waals surface area (Å²) in [6.45, 7) is 7.96. The van der Waals surface area contributed by atoms with Gasteiger partial charge in [-0.2, -0.15) is 9.36 Å². The first-order valence-electron chi connectivity index (χ1n) is 9.33. The molecule has 1 fully saturated rings. The van der Waals surface area contributed by atoms with Crippen molar-refractivity contribution >= 4 is 34.5 Å². The van der Waals surface area contributed by atoms with Crippen LogP contribution in [0.5, 0.6) is 5.19 Å². The lowest BCUT2D eigenvalue weighted by Crippen LogP contribution is -2.31. The van der Waals surface area contributed by atoms with Crippen LogP contribution in [-0.2, 0) is 0 Å². The van der Waals surface area contributed by atoms with Gasteiger partial charge in [0.1, 0.15) is 16.8 Å². The highest BCUT2D eigenvalue weighted by atomic mass is 32.1. The number of rotatable bonds is 5. The van der Waals surface area contributed by atoms with Crippen LogP contribution in [0.1, 0.15) is 66.8 Å². The second-order valence-electron chi connectivity index (χ2n) is 8.00. The van der Waals surface area contributed by atoms with Gasteiger partial charge < -0.3 is 15.2 Å². The van der Waals surface area contributed by atoms with Gasteiger partial charge in [0.25, 0.3) is 5.19 Å². The van der Waals surface area contributed by atoms with E-state index in [0.717, 1.165) is 36.4 Å². The number of carbonyl (C=O) groups is 1. The minimum absolute atomic E-state index is 0.120. The first kappa shape index (κ1) is 20.6. The summed E-state index contributed by atoms with van der Waals surface area (Å²) in [5, 5.41) is 13.6. The summed E-state index contributed by atoms with van der Waals surface area (Å²) in [5.74, 6) is 6.09. The topological polar surface area (TPSA) is 84.3 Å². The second-order valence-corrected chi connectivity index (χ2v) is 9.77. The number of nitrogens with zero attached hydrogens (tertiary/aromatic N) is 2. The first-order chi connectivity index (χ1) is 13.2. The molecule has 3 rings (SSSR count). The van der Waals surface area contributed by atoms with E-state index in [1.54, 1.807) is 0 Å². The van der Waals surface area contributed by atoms with Gasteiger partial charge in [0.15, 0.2) is 0 Å². The number of hydrogen-bond donors (Lipinski definition) is 2. The molecule has 0 spiro atoms. The van der Waals surface area contributed by atoms with Crippen LogP contribution < -0.4 is 10.1 Å². The number of aromatic nitrogens is 2. The van der Waals surface area contributed by atoms with E-state index in [-0.39, 0.29) is 17.6 Å². The van der Waals surface area contributed by atoms with E-state index in [9.17, 15) is 9.90 Å².